The summed E-state index contributed by atoms with van der Waals surface area (Å²) in [4.78, 5) is 2.41. The van der Waals surface area contributed by atoms with E-state index in [1.165, 1.54) is 12.1 Å². The summed E-state index contributed by atoms with van der Waals surface area (Å²) in [6, 6.07) is 5.55. The van der Waals surface area contributed by atoms with E-state index < -0.39 is 0 Å². The van der Waals surface area contributed by atoms with Crippen molar-refractivity contribution >= 4 is 5.69 Å². The Hall–Kier alpha value is -1.13. The van der Waals surface area contributed by atoms with Gasteiger partial charge in [-0.05, 0) is 44.5 Å². The maximum absolute atomic E-state index is 13.3. The van der Waals surface area contributed by atoms with Gasteiger partial charge in [-0.15, -0.1) is 0 Å². The molecule has 1 saturated heterocycles. The molecule has 1 unspecified atom stereocenters. The lowest BCUT2D eigenvalue weighted by atomic mass is 10.2. The topological polar surface area (TPSA) is 24.5 Å². The summed E-state index contributed by atoms with van der Waals surface area (Å²) >= 11 is 0. The molecule has 0 aliphatic carbocycles. The third kappa shape index (κ3) is 4.18. The maximum Gasteiger partial charge on any atom is 0.125 e. The van der Waals surface area contributed by atoms with Crippen molar-refractivity contribution in [2.75, 3.05) is 31.6 Å². The lowest BCUT2D eigenvalue weighted by molar-refractivity contribution is -0.0315. The van der Waals surface area contributed by atoms with Crippen molar-refractivity contribution in [3.63, 3.8) is 0 Å². The zero-order valence-electron chi connectivity index (χ0n) is 11.9. The molecule has 1 aliphatic heterocycles. The zero-order valence-corrected chi connectivity index (χ0v) is 11.9. The molecule has 0 radical (unpaired) electrons. The zero-order chi connectivity index (χ0) is 13.8. The van der Waals surface area contributed by atoms with Crippen molar-refractivity contribution in [1.82, 2.24) is 4.90 Å². The SMILES string of the molecule is Cc1cc(F)cc(NCC2CN(C(C)C)CCO2)c1. The molecule has 1 aliphatic rings. The summed E-state index contributed by atoms with van der Waals surface area (Å²) in [5.41, 5.74) is 1.75. The molecule has 3 nitrogen and oxygen atoms in total. The summed E-state index contributed by atoms with van der Waals surface area (Å²) in [5.74, 6) is -0.198. The van der Waals surface area contributed by atoms with Crippen LogP contribution in [0, 0.1) is 12.7 Å². The average Bonchev–Trinajstić information content (AvgIpc) is 2.35. The van der Waals surface area contributed by atoms with E-state index in [1.54, 1.807) is 0 Å². The Balaban J connectivity index is 1.87. The number of hydrogen-bond donors (Lipinski definition) is 1. The molecular formula is C15H23FN2O. The first-order chi connectivity index (χ1) is 9.04. The van der Waals surface area contributed by atoms with Crippen molar-refractivity contribution in [3.05, 3.63) is 29.6 Å². The van der Waals surface area contributed by atoms with Crippen molar-refractivity contribution in [3.8, 4) is 0 Å². The van der Waals surface area contributed by atoms with Crippen LogP contribution in [0.25, 0.3) is 0 Å². The fraction of sp³-hybridized carbons (Fsp3) is 0.600. The van der Waals surface area contributed by atoms with Crippen molar-refractivity contribution in [1.29, 1.82) is 0 Å². The van der Waals surface area contributed by atoms with Crippen LogP contribution in [-0.2, 0) is 4.74 Å². The highest BCUT2D eigenvalue weighted by atomic mass is 19.1. The van der Waals surface area contributed by atoms with E-state index in [0.717, 1.165) is 30.9 Å². The third-order valence-electron chi connectivity index (χ3n) is 3.48. The first-order valence-corrected chi connectivity index (χ1v) is 6.91. The maximum atomic E-state index is 13.3. The van der Waals surface area contributed by atoms with Crippen LogP contribution in [0.4, 0.5) is 10.1 Å². The van der Waals surface area contributed by atoms with E-state index in [9.17, 15) is 4.39 Å². The van der Waals surface area contributed by atoms with Gasteiger partial charge in [0, 0.05) is 31.4 Å². The van der Waals surface area contributed by atoms with Crippen molar-refractivity contribution in [2.45, 2.75) is 32.9 Å². The number of halogens is 1. The molecule has 0 saturated carbocycles. The molecule has 1 fully saturated rings. The highest BCUT2D eigenvalue weighted by molar-refractivity contribution is 5.46. The van der Waals surface area contributed by atoms with Gasteiger partial charge in [0.1, 0.15) is 5.82 Å². The number of benzene rings is 1. The Morgan fingerprint density at radius 3 is 2.89 bits per heavy atom. The number of aryl methyl sites for hydroxylation is 1. The number of ether oxygens (including phenoxy) is 1. The van der Waals surface area contributed by atoms with E-state index in [2.05, 4.69) is 24.1 Å². The number of nitrogens with one attached hydrogen (secondary N) is 1. The molecule has 106 valence electrons. The summed E-state index contributed by atoms with van der Waals surface area (Å²) in [7, 11) is 0. The van der Waals surface area contributed by atoms with Crippen LogP contribution >= 0.6 is 0 Å². The second kappa shape index (κ2) is 6.35. The van der Waals surface area contributed by atoms with Gasteiger partial charge in [-0.25, -0.2) is 4.39 Å². The van der Waals surface area contributed by atoms with Gasteiger partial charge in [0.15, 0.2) is 0 Å². The summed E-state index contributed by atoms with van der Waals surface area (Å²) < 4.78 is 19.0. The van der Waals surface area contributed by atoms with E-state index in [1.807, 2.05) is 13.0 Å². The van der Waals surface area contributed by atoms with Gasteiger partial charge in [-0.1, -0.05) is 0 Å². The van der Waals surface area contributed by atoms with E-state index in [4.69, 9.17) is 4.74 Å². The molecule has 1 N–H and O–H groups in total. The predicted octanol–water partition coefficient (Wildman–Crippen LogP) is 2.66. The van der Waals surface area contributed by atoms with Gasteiger partial charge < -0.3 is 10.1 Å². The molecule has 0 bridgehead atoms. The molecule has 1 aromatic carbocycles. The number of hydrogen-bond acceptors (Lipinski definition) is 3. The largest absolute Gasteiger partial charge is 0.382 e. The van der Waals surface area contributed by atoms with Crippen LogP contribution in [0.2, 0.25) is 0 Å². The minimum atomic E-state index is -0.198. The van der Waals surface area contributed by atoms with Crippen LogP contribution in [0.3, 0.4) is 0 Å². The number of anilines is 1. The molecule has 1 atom stereocenters. The average molecular weight is 266 g/mol. The molecule has 0 aromatic heterocycles. The van der Waals surface area contributed by atoms with Gasteiger partial charge >= 0.3 is 0 Å². The van der Waals surface area contributed by atoms with Crippen LogP contribution in [0.15, 0.2) is 18.2 Å². The monoisotopic (exact) mass is 266 g/mol. The normalized spacial score (nSPS) is 20.8. The number of morpholine rings is 1. The Morgan fingerprint density at radius 2 is 2.21 bits per heavy atom. The van der Waals surface area contributed by atoms with Gasteiger partial charge in [-0.3, -0.25) is 4.90 Å². The second-order valence-electron chi connectivity index (χ2n) is 5.48. The Bertz CT molecular complexity index is 402. The smallest absolute Gasteiger partial charge is 0.125 e. The standard InChI is InChI=1S/C15H23FN2O/c1-11(2)18-4-5-19-15(10-18)9-17-14-7-12(3)6-13(16)8-14/h6-8,11,15,17H,4-5,9-10H2,1-3H3. The lowest BCUT2D eigenvalue weighted by Crippen LogP contribution is -2.48. The fourth-order valence-electron chi connectivity index (χ4n) is 2.40. The molecule has 4 heteroatoms. The van der Waals surface area contributed by atoms with Crippen LogP contribution in [-0.4, -0.2) is 43.3 Å². The Morgan fingerprint density at radius 1 is 1.42 bits per heavy atom. The molecular weight excluding hydrogens is 243 g/mol. The lowest BCUT2D eigenvalue weighted by Gasteiger charge is -2.35. The Kier molecular flexibility index (Phi) is 4.77. The van der Waals surface area contributed by atoms with Gasteiger partial charge in [0.2, 0.25) is 0 Å². The molecule has 0 amide bonds. The second-order valence-corrected chi connectivity index (χ2v) is 5.48. The first kappa shape index (κ1) is 14.3. The van der Waals surface area contributed by atoms with E-state index in [0.29, 0.717) is 12.6 Å². The molecule has 1 aromatic rings. The number of nitrogens with zero attached hydrogens (tertiary/aromatic N) is 1. The van der Waals surface area contributed by atoms with E-state index >= 15 is 0 Å². The summed E-state index contributed by atoms with van der Waals surface area (Å²) in [6.07, 6.45) is 0.166. The first-order valence-electron chi connectivity index (χ1n) is 6.91. The Labute approximate surface area is 114 Å². The molecule has 0 spiro atoms. The molecule has 19 heavy (non-hydrogen) atoms. The third-order valence-corrected chi connectivity index (χ3v) is 3.48. The van der Waals surface area contributed by atoms with Crippen LogP contribution in [0.5, 0.6) is 0 Å². The molecule has 2 rings (SSSR count). The van der Waals surface area contributed by atoms with Crippen LogP contribution in [0.1, 0.15) is 19.4 Å². The van der Waals surface area contributed by atoms with Crippen molar-refractivity contribution in [2.24, 2.45) is 0 Å². The summed E-state index contributed by atoms with van der Waals surface area (Å²) in [6.45, 7) is 9.70. The van der Waals surface area contributed by atoms with Crippen LogP contribution < -0.4 is 5.32 Å². The fourth-order valence-corrected chi connectivity index (χ4v) is 2.40. The van der Waals surface area contributed by atoms with E-state index in [-0.39, 0.29) is 11.9 Å². The van der Waals surface area contributed by atoms with Gasteiger partial charge in [0.05, 0.1) is 12.7 Å². The minimum absolute atomic E-state index is 0.166. The highest BCUT2D eigenvalue weighted by Gasteiger charge is 2.21. The predicted molar refractivity (Wildman–Crippen MR) is 76.1 cm³/mol. The number of rotatable bonds is 4. The quantitative estimate of drug-likeness (QED) is 0.906. The van der Waals surface area contributed by atoms with Gasteiger partial charge in [-0.2, -0.15) is 0 Å². The highest BCUT2D eigenvalue weighted by Crippen LogP contribution is 2.15. The van der Waals surface area contributed by atoms with Crippen molar-refractivity contribution < 1.29 is 9.13 Å². The summed E-state index contributed by atoms with van der Waals surface area (Å²) in [5, 5.41) is 3.26. The van der Waals surface area contributed by atoms with Gasteiger partial charge in [0.25, 0.3) is 0 Å². The minimum Gasteiger partial charge on any atom is -0.382 e. The molecule has 1 heterocycles.